The first-order valence-electron chi connectivity index (χ1n) is 8.80. The van der Waals surface area contributed by atoms with Crippen LogP contribution >= 0.6 is 22.9 Å². The lowest BCUT2D eigenvalue weighted by Crippen LogP contribution is -2.42. The van der Waals surface area contributed by atoms with E-state index in [2.05, 4.69) is 10.6 Å². The minimum atomic E-state index is -1.26. The highest BCUT2D eigenvalue weighted by Gasteiger charge is 2.55. The number of benzene rings is 2. The summed E-state index contributed by atoms with van der Waals surface area (Å²) in [6.07, 6.45) is -0.0929. The molecule has 2 aliphatic rings. The van der Waals surface area contributed by atoms with Crippen molar-refractivity contribution >= 4 is 52.1 Å². The van der Waals surface area contributed by atoms with Crippen molar-refractivity contribution in [2.45, 2.75) is 11.8 Å². The molecule has 2 aliphatic heterocycles. The van der Waals surface area contributed by atoms with E-state index in [9.17, 15) is 19.5 Å². The van der Waals surface area contributed by atoms with Crippen molar-refractivity contribution in [3.63, 3.8) is 0 Å². The molecule has 0 aliphatic carbocycles. The zero-order valence-corrected chi connectivity index (χ0v) is 16.4. The molecule has 1 spiro atoms. The van der Waals surface area contributed by atoms with Crippen LogP contribution in [0.4, 0.5) is 11.4 Å². The maximum atomic E-state index is 13.2. The van der Waals surface area contributed by atoms with Gasteiger partial charge >= 0.3 is 5.97 Å². The van der Waals surface area contributed by atoms with Gasteiger partial charge in [-0.05, 0) is 17.7 Å². The molecule has 0 saturated carbocycles. The molecule has 3 N–H and O–H groups in total. The summed E-state index contributed by atoms with van der Waals surface area (Å²) in [7, 11) is 0. The molecule has 1 atom stereocenters. The average Bonchev–Trinajstić information content (AvgIpc) is 3.19. The monoisotopic (exact) mass is 424 g/mol. The molecule has 0 radical (unpaired) electrons. The van der Waals surface area contributed by atoms with E-state index in [1.54, 1.807) is 48.5 Å². The van der Waals surface area contributed by atoms with E-state index >= 15 is 0 Å². The molecule has 0 fully saturated rings. The maximum absolute atomic E-state index is 13.2. The third kappa shape index (κ3) is 2.38. The Bertz CT molecular complexity index is 1240. The fourth-order valence-electron chi connectivity index (χ4n) is 4.14. The Labute approximate surface area is 174 Å². The van der Waals surface area contributed by atoms with E-state index in [0.29, 0.717) is 38.0 Å². The van der Waals surface area contributed by atoms with Gasteiger partial charge in [0.25, 0.3) is 0 Å². The van der Waals surface area contributed by atoms with E-state index in [0.717, 1.165) is 11.3 Å². The number of hydrogen-bond acceptors (Lipinski definition) is 4. The van der Waals surface area contributed by atoms with Crippen molar-refractivity contribution in [3.8, 4) is 11.1 Å². The third-order valence-electron chi connectivity index (χ3n) is 5.35. The topological polar surface area (TPSA) is 95.5 Å². The minimum Gasteiger partial charge on any atom is -0.477 e. The van der Waals surface area contributed by atoms with Gasteiger partial charge in [-0.3, -0.25) is 9.59 Å². The Morgan fingerprint density at radius 3 is 2.55 bits per heavy atom. The third-order valence-corrected chi connectivity index (χ3v) is 7.02. The standard InChI is InChI=1S/C21H13ClN2O4S/c22-12-7-3-1-5-10(12)15-16-18(29-17(15)19(26)27)21(9-14(25)24-16)11-6-2-4-8-13(11)23-20(21)28/h1-8H,9H2,(H,23,28)(H,24,25)(H,26,27)/t21-/m1/s1. The molecule has 6 nitrogen and oxygen atoms in total. The van der Waals surface area contributed by atoms with Crippen molar-refractivity contribution in [2.24, 2.45) is 0 Å². The van der Waals surface area contributed by atoms with Gasteiger partial charge in [0.2, 0.25) is 11.8 Å². The van der Waals surface area contributed by atoms with Crippen LogP contribution in [-0.2, 0) is 15.0 Å². The van der Waals surface area contributed by atoms with Crippen LogP contribution in [0.1, 0.15) is 26.5 Å². The smallest absolute Gasteiger partial charge is 0.346 e. The number of hydrogen-bond donors (Lipinski definition) is 3. The number of carbonyl (C=O) groups excluding carboxylic acids is 2. The Kier molecular flexibility index (Phi) is 3.81. The quantitative estimate of drug-likeness (QED) is 0.570. The zero-order valence-electron chi connectivity index (χ0n) is 14.8. The summed E-state index contributed by atoms with van der Waals surface area (Å²) >= 11 is 7.36. The highest BCUT2D eigenvalue weighted by molar-refractivity contribution is 7.15. The van der Waals surface area contributed by atoms with Gasteiger partial charge in [-0.15, -0.1) is 11.3 Å². The van der Waals surface area contributed by atoms with Gasteiger partial charge < -0.3 is 15.7 Å². The fraction of sp³-hybridized carbons (Fsp3) is 0.0952. The van der Waals surface area contributed by atoms with Crippen LogP contribution in [0.3, 0.4) is 0 Å². The van der Waals surface area contributed by atoms with Gasteiger partial charge in [-0.25, -0.2) is 4.79 Å². The lowest BCUT2D eigenvalue weighted by Gasteiger charge is -2.31. The van der Waals surface area contributed by atoms with E-state index in [1.807, 2.05) is 0 Å². The summed E-state index contributed by atoms with van der Waals surface area (Å²) < 4.78 is 0. The number of carboxylic acid groups (broad SMARTS) is 1. The van der Waals surface area contributed by atoms with Gasteiger partial charge in [0.15, 0.2) is 0 Å². The van der Waals surface area contributed by atoms with Crippen LogP contribution in [0.15, 0.2) is 48.5 Å². The number of rotatable bonds is 2. The molecule has 1 aromatic heterocycles. The molecule has 3 aromatic rings. The van der Waals surface area contributed by atoms with Crippen LogP contribution in [0.5, 0.6) is 0 Å². The number of carbonyl (C=O) groups is 3. The summed E-state index contributed by atoms with van der Waals surface area (Å²) in [6, 6.07) is 14.0. The first kappa shape index (κ1) is 17.9. The largest absolute Gasteiger partial charge is 0.477 e. The lowest BCUT2D eigenvalue weighted by atomic mass is 9.74. The molecule has 3 heterocycles. The Balaban J connectivity index is 1.87. The van der Waals surface area contributed by atoms with Crippen molar-refractivity contribution in [2.75, 3.05) is 10.6 Å². The molecule has 0 bridgehead atoms. The summed E-state index contributed by atoms with van der Waals surface area (Å²) in [5.74, 6) is -1.83. The Morgan fingerprint density at radius 2 is 1.79 bits per heavy atom. The van der Waals surface area contributed by atoms with Crippen LogP contribution in [0, 0.1) is 0 Å². The molecule has 8 heteroatoms. The van der Waals surface area contributed by atoms with Crippen LogP contribution in [0.25, 0.3) is 11.1 Å². The first-order valence-corrected chi connectivity index (χ1v) is 9.99. The van der Waals surface area contributed by atoms with Gasteiger partial charge in [0.05, 0.1) is 17.0 Å². The normalized spacial score (nSPS) is 19.5. The van der Waals surface area contributed by atoms with Gasteiger partial charge in [0, 0.05) is 21.8 Å². The molecular formula is C21H13ClN2O4S. The predicted molar refractivity (Wildman–Crippen MR) is 111 cm³/mol. The van der Waals surface area contributed by atoms with E-state index in [4.69, 9.17) is 11.6 Å². The van der Waals surface area contributed by atoms with Crippen LogP contribution in [0.2, 0.25) is 5.02 Å². The zero-order chi connectivity index (χ0) is 20.3. The average molecular weight is 425 g/mol. The molecule has 5 rings (SSSR count). The number of nitrogens with one attached hydrogen (secondary N) is 2. The summed E-state index contributed by atoms with van der Waals surface area (Å²) in [5, 5.41) is 15.9. The second-order valence-electron chi connectivity index (χ2n) is 6.93. The van der Waals surface area contributed by atoms with Crippen LogP contribution < -0.4 is 10.6 Å². The molecular weight excluding hydrogens is 412 g/mol. The fourth-order valence-corrected chi connectivity index (χ4v) is 5.68. The second-order valence-corrected chi connectivity index (χ2v) is 8.35. The number of amides is 2. The molecule has 29 heavy (non-hydrogen) atoms. The van der Waals surface area contributed by atoms with Gasteiger partial charge in [-0.1, -0.05) is 48.0 Å². The SMILES string of the molecule is O=C1C[C@]2(C(=O)Nc3ccccc32)c2sc(C(=O)O)c(-c3ccccc3Cl)c2N1. The van der Waals surface area contributed by atoms with Crippen molar-refractivity contribution in [1.29, 1.82) is 0 Å². The summed E-state index contributed by atoms with van der Waals surface area (Å²) in [5.41, 5.74) is 1.19. The first-order chi connectivity index (χ1) is 13.9. The number of aromatic carboxylic acids is 1. The van der Waals surface area contributed by atoms with Gasteiger partial charge in [0.1, 0.15) is 10.3 Å². The molecule has 0 saturated heterocycles. The van der Waals surface area contributed by atoms with E-state index in [-0.39, 0.29) is 23.1 Å². The number of fused-ring (bicyclic) bond motifs is 4. The Morgan fingerprint density at radius 1 is 1.07 bits per heavy atom. The highest BCUT2D eigenvalue weighted by atomic mass is 35.5. The summed E-state index contributed by atoms with van der Waals surface area (Å²) in [4.78, 5) is 38.5. The lowest BCUT2D eigenvalue weighted by molar-refractivity contribution is -0.125. The summed E-state index contributed by atoms with van der Waals surface area (Å²) in [6.45, 7) is 0. The van der Waals surface area contributed by atoms with Crippen molar-refractivity contribution in [3.05, 3.63) is 68.9 Å². The predicted octanol–water partition coefficient (Wildman–Crippen LogP) is 4.35. The maximum Gasteiger partial charge on any atom is 0.346 e. The molecule has 0 unspecified atom stereocenters. The molecule has 2 aromatic carbocycles. The molecule has 144 valence electrons. The van der Waals surface area contributed by atoms with Crippen molar-refractivity contribution < 1.29 is 19.5 Å². The van der Waals surface area contributed by atoms with Crippen molar-refractivity contribution in [1.82, 2.24) is 0 Å². The Hall–Kier alpha value is -3.16. The minimum absolute atomic E-state index is 0.0295. The van der Waals surface area contributed by atoms with E-state index in [1.165, 1.54) is 0 Å². The van der Waals surface area contributed by atoms with Gasteiger partial charge in [-0.2, -0.15) is 0 Å². The molecule has 2 amide bonds. The highest BCUT2D eigenvalue weighted by Crippen LogP contribution is 2.56. The number of anilines is 2. The number of thiophene rings is 1. The van der Waals surface area contributed by atoms with E-state index < -0.39 is 11.4 Å². The number of halogens is 1. The number of para-hydroxylation sites is 1. The second kappa shape index (κ2) is 6.17. The van der Waals surface area contributed by atoms with Crippen LogP contribution in [-0.4, -0.2) is 22.9 Å². The number of carboxylic acids is 1.